The summed E-state index contributed by atoms with van der Waals surface area (Å²) < 4.78 is 0. The minimum atomic E-state index is 0.296. The number of benzene rings is 1. The summed E-state index contributed by atoms with van der Waals surface area (Å²) in [5, 5.41) is 15.6. The number of phenols is 1. The van der Waals surface area contributed by atoms with E-state index in [4.69, 9.17) is 0 Å². The summed E-state index contributed by atoms with van der Waals surface area (Å²) in [5.41, 5.74) is 3.20. The van der Waals surface area contributed by atoms with Crippen molar-refractivity contribution in [2.24, 2.45) is 0 Å². The Morgan fingerprint density at radius 2 is 1.86 bits per heavy atom. The molecule has 1 aliphatic rings. The van der Waals surface area contributed by atoms with Gasteiger partial charge in [0, 0.05) is 31.1 Å². The SMILES string of the molecule is Cc1cc([C@@H](c2cccs2)N2CCNCC2)cc(C)c1O. The van der Waals surface area contributed by atoms with Crippen molar-refractivity contribution in [2.45, 2.75) is 19.9 Å². The molecule has 3 rings (SSSR count). The Morgan fingerprint density at radius 1 is 1.19 bits per heavy atom. The quantitative estimate of drug-likeness (QED) is 0.914. The van der Waals surface area contributed by atoms with Gasteiger partial charge < -0.3 is 10.4 Å². The number of rotatable bonds is 3. The van der Waals surface area contributed by atoms with Crippen molar-refractivity contribution in [2.75, 3.05) is 26.2 Å². The molecule has 1 aromatic heterocycles. The molecule has 2 N–H and O–H groups in total. The Kier molecular flexibility index (Phi) is 4.29. The molecule has 2 heterocycles. The first kappa shape index (κ1) is 14.6. The van der Waals surface area contributed by atoms with Gasteiger partial charge in [0.25, 0.3) is 0 Å². The number of nitrogens with one attached hydrogen (secondary N) is 1. The molecule has 0 saturated carbocycles. The van der Waals surface area contributed by atoms with Crippen molar-refractivity contribution in [3.8, 4) is 5.75 Å². The minimum absolute atomic E-state index is 0.296. The van der Waals surface area contributed by atoms with Crippen LogP contribution >= 0.6 is 11.3 Å². The summed E-state index contributed by atoms with van der Waals surface area (Å²) >= 11 is 1.81. The molecule has 0 aliphatic carbocycles. The summed E-state index contributed by atoms with van der Waals surface area (Å²) in [6.45, 7) is 8.16. The Bertz CT molecular complexity index is 580. The van der Waals surface area contributed by atoms with Crippen molar-refractivity contribution in [1.29, 1.82) is 0 Å². The van der Waals surface area contributed by atoms with Gasteiger partial charge in [-0.2, -0.15) is 0 Å². The maximum Gasteiger partial charge on any atom is 0.121 e. The molecule has 0 bridgehead atoms. The van der Waals surface area contributed by atoms with Gasteiger partial charge in [-0.25, -0.2) is 0 Å². The molecule has 3 nitrogen and oxygen atoms in total. The minimum Gasteiger partial charge on any atom is -0.507 e. The smallest absolute Gasteiger partial charge is 0.121 e. The van der Waals surface area contributed by atoms with Gasteiger partial charge >= 0.3 is 0 Å². The van der Waals surface area contributed by atoms with E-state index in [9.17, 15) is 5.11 Å². The van der Waals surface area contributed by atoms with Crippen LogP contribution in [0.25, 0.3) is 0 Å². The number of aromatic hydroxyl groups is 1. The van der Waals surface area contributed by atoms with Crippen LogP contribution in [0.15, 0.2) is 29.6 Å². The van der Waals surface area contributed by atoms with E-state index in [-0.39, 0.29) is 0 Å². The van der Waals surface area contributed by atoms with Crippen LogP contribution in [0, 0.1) is 13.8 Å². The van der Waals surface area contributed by atoms with Crippen molar-refractivity contribution < 1.29 is 5.11 Å². The highest BCUT2D eigenvalue weighted by Crippen LogP contribution is 2.35. The van der Waals surface area contributed by atoms with Gasteiger partial charge in [0.2, 0.25) is 0 Å². The standard InChI is InChI=1S/C17H22N2OS/c1-12-10-14(11-13(2)17(12)20)16(15-4-3-9-21-15)19-7-5-18-6-8-19/h3-4,9-11,16,18,20H,5-8H2,1-2H3/t16-/m0/s1. The molecule has 1 atom stereocenters. The van der Waals surface area contributed by atoms with Crippen LogP contribution in [0.1, 0.15) is 27.6 Å². The average Bonchev–Trinajstić information content (AvgIpc) is 3.00. The van der Waals surface area contributed by atoms with Crippen LogP contribution in [0.5, 0.6) is 5.75 Å². The molecule has 1 fully saturated rings. The highest BCUT2D eigenvalue weighted by Gasteiger charge is 2.25. The maximum atomic E-state index is 10.0. The van der Waals surface area contributed by atoms with Gasteiger partial charge in [0.15, 0.2) is 0 Å². The normalized spacial score (nSPS) is 17.8. The Balaban J connectivity index is 2.02. The van der Waals surface area contributed by atoms with Crippen molar-refractivity contribution in [1.82, 2.24) is 10.2 Å². The molecule has 2 aromatic rings. The third-order valence-corrected chi connectivity index (χ3v) is 5.08. The van der Waals surface area contributed by atoms with Crippen LogP contribution in [0.2, 0.25) is 0 Å². The van der Waals surface area contributed by atoms with E-state index in [1.807, 2.05) is 25.2 Å². The number of phenolic OH excluding ortho intramolecular Hbond substituents is 1. The Morgan fingerprint density at radius 3 is 2.43 bits per heavy atom. The number of nitrogens with zero attached hydrogens (tertiary/aromatic N) is 1. The zero-order valence-electron chi connectivity index (χ0n) is 12.6. The second-order valence-electron chi connectivity index (χ2n) is 5.71. The molecule has 0 radical (unpaired) electrons. The first-order chi connectivity index (χ1) is 10.2. The third kappa shape index (κ3) is 2.98. The van der Waals surface area contributed by atoms with Crippen molar-refractivity contribution in [3.05, 3.63) is 51.2 Å². The van der Waals surface area contributed by atoms with Gasteiger partial charge in [0.05, 0.1) is 6.04 Å². The Labute approximate surface area is 130 Å². The monoisotopic (exact) mass is 302 g/mol. The molecule has 0 unspecified atom stereocenters. The number of piperazine rings is 1. The molecule has 1 aliphatic heterocycles. The molecule has 1 aromatic carbocycles. The first-order valence-corrected chi connectivity index (χ1v) is 8.33. The summed E-state index contributed by atoms with van der Waals surface area (Å²) in [6, 6.07) is 8.90. The van der Waals surface area contributed by atoms with Crippen LogP contribution in [-0.4, -0.2) is 36.2 Å². The van der Waals surface area contributed by atoms with E-state index >= 15 is 0 Å². The predicted octanol–water partition coefficient (Wildman–Crippen LogP) is 3.07. The molecule has 4 heteroatoms. The largest absolute Gasteiger partial charge is 0.507 e. The number of thiophene rings is 1. The zero-order chi connectivity index (χ0) is 14.8. The lowest BCUT2D eigenvalue weighted by Crippen LogP contribution is -2.45. The van der Waals surface area contributed by atoms with Gasteiger partial charge in [-0.3, -0.25) is 4.90 Å². The van der Waals surface area contributed by atoms with E-state index in [1.54, 1.807) is 0 Å². The second kappa shape index (κ2) is 6.18. The van der Waals surface area contributed by atoms with E-state index in [1.165, 1.54) is 10.4 Å². The fourth-order valence-corrected chi connectivity index (χ4v) is 3.97. The summed E-state index contributed by atoms with van der Waals surface area (Å²) in [7, 11) is 0. The maximum absolute atomic E-state index is 10.0. The topological polar surface area (TPSA) is 35.5 Å². The van der Waals surface area contributed by atoms with Crippen molar-refractivity contribution >= 4 is 11.3 Å². The molecule has 1 saturated heterocycles. The molecule has 21 heavy (non-hydrogen) atoms. The van der Waals surface area contributed by atoms with Crippen LogP contribution in [0.3, 0.4) is 0 Å². The van der Waals surface area contributed by atoms with E-state index < -0.39 is 0 Å². The molecule has 112 valence electrons. The Hall–Kier alpha value is -1.36. The van der Waals surface area contributed by atoms with E-state index in [2.05, 4.69) is 39.9 Å². The van der Waals surface area contributed by atoms with Crippen molar-refractivity contribution in [3.63, 3.8) is 0 Å². The summed E-state index contributed by atoms with van der Waals surface area (Å²) in [6.07, 6.45) is 0. The lowest BCUT2D eigenvalue weighted by Gasteiger charge is -2.35. The van der Waals surface area contributed by atoms with Gasteiger partial charge in [-0.1, -0.05) is 18.2 Å². The summed E-state index contributed by atoms with van der Waals surface area (Å²) in [5.74, 6) is 0.420. The molecular formula is C17H22N2OS. The third-order valence-electron chi connectivity index (χ3n) is 4.16. The zero-order valence-corrected chi connectivity index (χ0v) is 13.4. The van der Waals surface area contributed by atoms with Gasteiger partial charge in [-0.05, 0) is 42.0 Å². The van der Waals surface area contributed by atoms with Crippen LogP contribution in [-0.2, 0) is 0 Å². The summed E-state index contributed by atoms with van der Waals surface area (Å²) in [4.78, 5) is 3.91. The highest BCUT2D eigenvalue weighted by atomic mass is 32.1. The van der Waals surface area contributed by atoms with E-state index in [0.29, 0.717) is 11.8 Å². The molecule has 0 amide bonds. The van der Waals surface area contributed by atoms with E-state index in [0.717, 1.165) is 37.3 Å². The number of hydrogen-bond acceptors (Lipinski definition) is 4. The molecular weight excluding hydrogens is 280 g/mol. The van der Waals surface area contributed by atoms with Gasteiger partial charge in [0.1, 0.15) is 5.75 Å². The first-order valence-electron chi connectivity index (χ1n) is 7.45. The van der Waals surface area contributed by atoms with Crippen LogP contribution in [0.4, 0.5) is 0 Å². The van der Waals surface area contributed by atoms with Crippen LogP contribution < -0.4 is 5.32 Å². The number of hydrogen-bond donors (Lipinski definition) is 2. The lowest BCUT2D eigenvalue weighted by molar-refractivity contribution is 0.200. The number of aryl methyl sites for hydroxylation is 2. The second-order valence-corrected chi connectivity index (χ2v) is 6.69. The fraction of sp³-hybridized carbons (Fsp3) is 0.412. The lowest BCUT2D eigenvalue weighted by atomic mass is 9.97. The molecule has 0 spiro atoms. The fourth-order valence-electron chi connectivity index (χ4n) is 3.09. The van der Waals surface area contributed by atoms with Gasteiger partial charge in [-0.15, -0.1) is 11.3 Å². The highest BCUT2D eigenvalue weighted by molar-refractivity contribution is 7.10. The average molecular weight is 302 g/mol. The predicted molar refractivity (Wildman–Crippen MR) is 88.2 cm³/mol.